The smallest absolute Gasteiger partial charge is 0.314 e. The summed E-state index contributed by atoms with van der Waals surface area (Å²) >= 11 is 0. The van der Waals surface area contributed by atoms with Crippen LogP contribution in [0.2, 0.25) is 0 Å². The van der Waals surface area contributed by atoms with Gasteiger partial charge in [-0.3, -0.25) is 9.10 Å². The lowest BCUT2D eigenvalue weighted by Gasteiger charge is -2.31. The van der Waals surface area contributed by atoms with Crippen molar-refractivity contribution in [3.05, 3.63) is 66.1 Å². The summed E-state index contributed by atoms with van der Waals surface area (Å²) in [7, 11) is -3.92. The van der Waals surface area contributed by atoms with Crippen LogP contribution in [0.15, 0.2) is 63.9 Å². The molecule has 0 spiro atoms. The number of hydrogen-bond acceptors (Lipinski definition) is 7. The quantitative estimate of drug-likeness (QED) is 0.517. The van der Waals surface area contributed by atoms with Crippen molar-refractivity contribution in [1.82, 2.24) is 14.5 Å². The number of fused-ring (bicyclic) bond motifs is 1. The second kappa shape index (κ2) is 8.47. The highest BCUT2D eigenvalue weighted by Gasteiger charge is 2.41. The first-order valence-electron chi connectivity index (χ1n) is 11.0. The average Bonchev–Trinajstić information content (AvgIpc) is 3.54. The summed E-state index contributed by atoms with van der Waals surface area (Å²) in [5.74, 6) is -0.229. The summed E-state index contributed by atoms with van der Waals surface area (Å²) in [6.45, 7) is 1.80. The molecule has 8 nitrogen and oxygen atoms in total. The minimum absolute atomic E-state index is 0.0250. The molecule has 2 aromatic carbocycles. The first kappa shape index (κ1) is 21.4. The zero-order valence-electron chi connectivity index (χ0n) is 18.1. The molecule has 170 valence electrons. The summed E-state index contributed by atoms with van der Waals surface area (Å²) in [6, 6.07) is 15.7. The highest BCUT2D eigenvalue weighted by atomic mass is 32.2. The van der Waals surface area contributed by atoms with Gasteiger partial charge in [-0.25, -0.2) is 8.42 Å². The van der Waals surface area contributed by atoms with Crippen molar-refractivity contribution in [2.24, 2.45) is 5.92 Å². The molecule has 0 unspecified atom stereocenters. The molecule has 1 aliphatic heterocycles. The fourth-order valence-corrected chi connectivity index (χ4v) is 6.02. The fraction of sp³-hybridized carbons (Fsp3) is 0.292. The number of sulfonamides is 1. The van der Waals surface area contributed by atoms with E-state index in [0.717, 1.165) is 30.0 Å². The van der Waals surface area contributed by atoms with Gasteiger partial charge >= 0.3 is 5.97 Å². The molecule has 0 radical (unpaired) electrons. The molecule has 1 saturated carbocycles. The third kappa shape index (κ3) is 3.72. The van der Waals surface area contributed by atoms with E-state index in [0.29, 0.717) is 11.1 Å². The Morgan fingerprint density at radius 2 is 1.70 bits per heavy atom. The highest BCUT2D eigenvalue weighted by Crippen LogP contribution is 2.42. The first-order chi connectivity index (χ1) is 16.0. The van der Waals surface area contributed by atoms with Gasteiger partial charge in [-0.1, -0.05) is 43.2 Å². The molecule has 2 heterocycles. The van der Waals surface area contributed by atoms with Crippen molar-refractivity contribution in [2.45, 2.75) is 37.5 Å². The molecule has 9 heteroatoms. The van der Waals surface area contributed by atoms with Crippen molar-refractivity contribution in [1.29, 1.82) is 0 Å². The average molecular weight is 466 g/mol. The maximum absolute atomic E-state index is 13.4. The minimum Gasteiger partial charge on any atom is -0.423 e. The van der Waals surface area contributed by atoms with Crippen LogP contribution in [-0.2, 0) is 19.6 Å². The van der Waals surface area contributed by atoms with Gasteiger partial charge in [0.15, 0.2) is 11.5 Å². The molecule has 0 amide bonds. The zero-order chi connectivity index (χ0) is 23.0. The van der Waals surface area contributed by atoms with Gasteiger partial charge in [0.25, 0.3) is 15.9 Å². The summed E-state index contributed by atoms with van der Waals surface area (Å²) in [6.07, 6.45) is 3.47. The van der Waals surface area contributed by atoms with Crippen molar-refractivity contribution in [3.63, 3.8) is 0 Å². The molecule has 33 heavy (non-hydrogen) atoms. The molecular formula is C24H23N3O5S. The van der Waals surface area contributed by atoms with Crippen LogP contribution < -0.4 is 0 Å². The van der Waals surface area contributed by atoms with Crippen molar-refractivity contribution >= 4 is 27.4 Å². The lowest BCUT2D eigenvalue weighted by atomic mass is 10.1. The second-order valence-electron chi connectivity index (χ2n) is 8.02. The summed E-state index contributed by atoms with van der Waals surface area (Å²) < 4.78 is 39.9. The Morgan fingerprint density at radius 3 is 2.42 bits per heavy atom. The molecule has 0 atom stereocenters. The predicted molar refractivity (Wildman–Crippen MR) is 121 cm³/mol. The molecule has 0 saturated heterocycles. The van der Waals surface area contributed by atoms with Crippen LogP contribution in [0.4, 0.5) is 0 Å². The van der Waals surface area contributed by atoms with E-state index in [9.17, 15) is 13.2 Å². The van der Waals surface area contributed by atoms with Crippen LogP contribution >= 0.6 is 0 Å². The summed E-state index contributed by atoms with van der Waals surface area (Å²) in [5, 5.41) is 8.25. The van der Waals surface area contributed by atoms with E-state index in [1.807, 2.05) is 30.3 Å². The van der Waals surface area contributed by atoms with Gasteiger partial charge in [0.1, 0.15) is 0 Å². The summed E-state index contributed by atoms with van der Waals surface area (Å²) in [4.78, 5) is 13.1. The van der Waals surface area contributed by atoms with Crippen LogP contribution in [0.3, 0.4) is 0 Å². The van der Waals surface area contributed by atoms with Crippen LogP contribution in [0, 0.1) is 5.92 Å². The van der Waals surface area contributed by atoms with Crippen molar-refractivity contribution < 1.29 is 22.4 Å². The number of rotatable bonds is 5. The molecular weight excluding hydrogens is 442 g/mol. The number of nitrogens with zero attached hydrogens (tertiary/aromatic N) is 3. The number of benzene rings is 2. The number of aromatic nitrogens is 2. The Kier molecular flexibility index (Phi) is 5.49. The Balaban J connectivity index is 1.69. The van der Waals surface area contributed by atoms with Crippen LogP contribution in [0.1, 0.15) is 44.1 Å². The molecule has 5 rings (SSSR count). The maximum atomic E-state index is 13.4. The minimum atomic E-state index is -3.92. The SMILES string of the molecule is CCN1C(c2nnc(-c3ccccc3)o2)=C(OC(=O)C2CCCC2)c2ccccc2S1(=O)=O. The molecule has 2 aliphatic rings. The molecule has 1 aromatic heterocycles. The van der Waals surface area contributed by atoms with E-state index in [-0.39, 0.29) is 46.6 Å². The normalized spacial score (nSPS) is 17.8. The van der Waals surface area contributed by atoms with Crippen LogP contribution in [0.25, 0.3) is 22.9 Å². The second-order valence-corrected chi connectivity index (χ2v) is 9.86. The van der Waals surface area contributed by atoms with E-state index < -0.39 is 10.0 Å². The molecule has 3 aromatic rings. The number of ether oxygens (including phenoxy) is 1. The van der Waals surface area contributed by atoms with Gasteiger partial charge in [-0.05, 0) is 44.0 Å². The van der Waals surface area contributed by atoms with Gasteiger partial charge in [-0.2, -0.15) is 0 Å². The van der Waals surface area contributed by atoms with E-state index in [1.165, 1.54) is 6.07 Å². The third-order valence-electron chi connectivity index (χ3n) is 5.99. The zero-order valence-corrected chi connectivity index (χ0v) is 18.9. The number of hydrogen-bond donors (Lipinski definition) is 0. The van der Waals surface area contributed by atoms with Gasteiger partial charge in [0.2, 0.25) is 5.89 Å². The topological polar surface area (TPSA) is 103 Å². The predicted octanol–water partition coefficient (Wildman–Crippen LogP) is 4.32. The van der Waals surface area contributed by atoms with E-state index >= 15 is 0 Å². The Hall–Kier alpha value is -3.46. The van der Waals surface area contributed by atoms with Crippen LogP contribution in [0.5, 0.6) is 0 Å². The largest absolute Gasteiger partial charge is 0.423 e. The molecule has 0 N–H and O–H groups in total. The number of carbonyl (C=O) groups is 1. The Labute approximate surface area is 191 Å². The van der Waals surface area contributed by atoms with Crippen molar-refractivity contribution in [3.8, 4) is 11.5 Å². The Bertz CT molecular complexity index is 1320. The molecule has 1 fully saturated rings. The van der Waals surface area contributed by atoms with Crippen LogP contribution in [-0.4, -0.2) is 35.4 Å². The number of carbonyl (C=O) groups excluding carboxylic acids is 1. The monoisotopic (exact) mass is 465 g/mol. The molecule has 0 bridgehead atoms. The van der Waals surface area contributed by atoms with E-state index in [4.69, 9.17) is 9.15 Å². The standard InChI is InChI=1S/C24H23N3O5S/c1-2-27-20(23-26-25-22(32-23)16-10-4-3-5-11-16)21(31-24(28)17-12-6-7-13-17)18-14-8-9-15-19(18)33(27,29)30/h3-5,8-11,14-15,17H,2,6-7,12-13H2,1H3. The summed E-state index contributed by atoms with van der Waals surface area (Å²) in [5.41, 5.74) is 1.09. The lowest BCUT2D eigenvalue weighted by Crippen LogP contribution is -2.35. The van der Waals surface area contributed by atoms with E-state index in [2.05, 4.69) is 10.2 Å². The fourth-order valence-electron chi connectivity index (χ4n) is 4.36. The maximum Gasteiger partial charge on any atom is 0.314 e. The highest BCUT2D eigenvalue weighted by molar-refractivity contribution is 7.89. The number of esters is 1. The molecule has 1 aliphatic carbocycles. The lowest BCUT2D eigenvalue weighted by molar-refractivity contribution is -0.141. The van der Waals surface area contributed by atoms with Gasteiger partial charge < -0.3 is 9.15 Å². The first-order valence-corrected chi connectivity index (χ1v) is 12.4. The van der Waals surface area contributed by atoms with Gasteiger partial charge in [-0.15, -0.1) is 10.2 Å². The Morgan fingerprint density at radius 1 is 1.03 bits per heavy atom. The third-order valence-corrected chi connectivity index (χ3v) is 7.92. The van der Waals surface area contributed by atoms with Gasteiger partial charge in [0.05, 0.1) is 10.8 Å². The van der Waals surface area contributed by atoms with E-state index in [1.54, 1.807) is 25.1 Å². The van der Waals surface area contributed by atoms with Gasteiger partial charge in [0, 0.05) is 17.7 Å². The van der Waals surface area contributed by atoms with Crippen molar-refractivity contribution in [2.75, 3.05) is 6.54 Å².